The topological polar surface area (TPSA) is 49.8 Å². The van der Waals surface area contributed by atoms with E-state index in [2.05, 4.69) is 12.6 Å². The lowest BCUT2D eigenvalue weighted by Crippen LogP contribution is -2.32. The molecule has 0 amide bonds. The highest BCUT2D eigenvalue weighted by Crippen LogP contribution is 2.22. The number of nitriles is 1. The molecule has 0 fully saturated rings. The Morgan fingerprint density at radius 3 is 2.93 bits per heavy atom. The van der Waals surface area contributed by atoms with E-state index in [4.69, 9.17) is 11.0 Å². The first kappa shape index (κ1) is 10.5. The van der Waals surface area contributed by atoms with E-state index in [1.165, 1.54) is 0 Å². The molecule has 0 radical (unpaired) electrons. The van der Waals surface area contributed by atoms with E-state index in [9.17, 15) is 0 Å². The molecule has 0 spiro atoms. The van der Waals surface area contributed by atoms with Crippen molar-refractivity contribution in [3.63, 3.8) is 0 Å². The van der Waals surface area contributed by atoms with E-state index in [-0.39, 0.29) is 0 Å². The molecule has 0 aliphatic carbocycles. The summed E-state index contributed by atoms with van der Waals surface area (Å²) in [5.41, 5.74) is 7.27. The number of nitrogens with two attached hydrogens (primary N) is 1. The van der Waals surface area contributed by atoms with Gasteiger partial charge in [0.05, 0.1) is 11.6 Å². The summed E-state index contributed by atoms with van der Waals surface area (Å²) >= 11 is 0. The van der Waals surface area contributed by atoms with E-state index in [0.29, 0.717) is 12.0 Å². The zero-order valence-corrected chi connectivity index (χ0v) is 8.33. The first-order valence-electron chi connectivity index (χ1n) is 4.50. The van der Waals surface area contributed by atoms with Crippen molar-refractivity contribution in [3.05, 3.63) is 48.0 Å². The second-order valence-corrected chi connectivity index (χ2v) is 3.60. The van der Waals surface area contributed by atoms with Crippen LogP contribution in [-0.2, 0) is 5.54 Å². The highest BCUT2D eigenvalue weighted by molar-refractivity contribution is 5.36. The molecule has 1 rings (SSSR count). The second-order valence-electron chi connectivity index (χ2n) is 3.60. The van der Waals surface area contributed by atoms with Gasteiger partial charge in [-0.1, -0.05) is 18.2 Å². The molecule has 2 heteroatoms. The minimum atomic E-state index is -0.436. The van der Waals surface area contributed by atoms with Gasteiger partial charge in [-0.3, -0.25) is 0 Å². The molecule has 2 N–H and O–H groups in total. The van der Waals surface area contributed by atoms with Gasteiger partial charge in [0.1, 0.15) is 0 Å². The van der Waals surface area contributed by atoms with Gasteiger partial charge in [-0.15, -0.1) is 6.58 Å². The largest absolute Gasteiger partial charge is 0.321 e. The Morgan fingerprint density at radius 2 is 2.36 bits per heavy atom. The van der Waals surface area contributed by atoms with Gasteiger partial charge in [0.2, 0.25) is 0 Å². The molecule has 0 aliphatic heterocycles. The third kappa shape index (κ3) is 2.21. The third-order valence-electron chi connectivity index (χ3n) is 2.22. The second kappa shape index (κ2) is 4.08. The lowest BCUT2D eigenvalue weighted by molar-refractivity contribution is 0.502. The summed E-state index contributed by atoms with van der Waals surface area (Å²) in [5, 5.41) is 8.75. The molecule has 14 heavy (non-hydrogen) atoms. The van der Waals surface area contributed by atoms with Crippen LogP contribution in [0.5, 0.6) is 0 Å². The van der Waals surface area contributed by atoms with Crippen LogP contribution in [0.3, 0.4) is 0 Å². The van der Waals surface area contributed by atoms with Gasteiger partial charge in [-0.2, -0.15) is 5.26 Å². The average Bonchev–Trinajstić information content (AvgIpc) is 2.18. The minimum absolute atomic E-state index is 0.436. The van der Waals surface area contributed by atoms with E-state index in [1.54, 1.807) is 12.1 Å². The fourth-order valence-electron chi connectivity index (χ4n) is 1.36. The maximum absolute atomic E-state index is 8.75. The molecule has 0 saturated carbocycles. The van der Waals surface area contributed by atoms with Crippen LogP contribution in [0.1, 0.15) is 24.5 Å². The molecule has 0 aliphatic rings. The first-order valence-corrected chi connectivity index (χ1v) is 4.50. The highest BCUT2D eigenvalue weighted by atomic mass is 14.7. The van der Waals surface area contributed by atoms with Gasteiger partial charge in [0.15, 0.2) is 0 Å². The van der Waals surface area contributed by atoms with Gasteiger partial charge in [0, 0.05) is 5.54 Å². The number of hydrogen-bond donors (Lipinski definition) is 1. The maximum atomic E-state index is 8.75. The van der Waals surface area contributed by atoms with Crippen molar-refractivity contribution in [1.29, 1.82) is 5.26 Å². The molecular formula is C12H14N2. The summed E-state index contributed by atoms with van der Waals surface area (Å²) < 4.78 is 0. The number of benzene rings is 1. The van der Waals surface area contributed by atoms with Gasteiger partial charge in [-0.05, 0) is 31.0 Å². The van der Waals surface area contributed by atoms with Crippen LogP contribution in [-0.4, -0.2) is 0 Å². The van der Waals surface area contributed by atoms with Crippen molar-refractivity contribution in [2.45, 2.75) is 18.9 Å². The van der Waals surface area contributed by atoms with Crippen LogP contribution in [0.25, 0.3) is 0 Å². The molecule has 0 aromatic heterocycles. The summed E-state index contributed by atoms with van der Waals surface area (Å²) in [4.78, 5) is 0. The SMILES string of the molecule is C=CCC(C)(N)c1cccc(C#N)c1. The van der Waals surface area contributed by atoms with Gasteiger partial charge >= 0.3 is 0 Å². The van der Waals surface area contributed by atoms with Gasteiger partial charge in [-0.25, -0.2) is 0 Å². The summed E-state index contributed by atoms with van der Waals surface area (Å²) in [6, 6.07) is 9.48. The van der Waals surface area contributed by atoms with Crippen molar-refractivity contribution in [1.82, 2.24) is 0 Å². The van der Waals surface area contributed by atoms with Crippen molar-refractivity contribution in [2.24, 2.45) is 5.73 Å². The minimum Gasteiger partial charge on any atom is -0.321 e. The fourth-order valence-corrected chi connectivity index (χ4v) is 1.36. The van der Waals surface area contributed by atoms with E-state index in [1.807, 2.05) is 25.1 Å². The molecule has 72 valence electrons. The quantitative estimate of drug-likeness (QED) is 0.736. The van der Waals surface area contributed by atoms with Crippen LogP contribution in [0.2, 0.25) is 0 Å². The van der Waals surface area contributed by atoms with Gasteiger partial charge < -0.3 is 5.73 Å². The number of nitrogens with zero attached hydrogens (tertiary/aromatic N) is 1. The van der Waals surface area contributed by atoms with Crippen molar-refractivity contribution in [3.8, 4) is 6.07 Å². The normalized spacial score (nSPS) is 14.1. The summed E-state index contributed by atoms with van der Waals surface area (Å²) in [6.07, 6.45) is 2.49. The number of hydrogen-bond acceptors (Lipinski definition) is 2. The molecule has 1 unspecified atom stereocenters. The summed E-state index contributed by atoms with van der Waals surface area (Å²) in [6.45, 7) is 5.60. The molecule has 2 nitrogen and oxygen atoms in total. The highest BCUT2D eigenvalue weighted by Gasteiger charge is 2.19. The van der Waals surface area contributed by atoms with E-state index >= 15 is 0 Å². The molecule has 1 atom stereocenters. The fraction of sp³-hybridized carbons (Fsp3) is 0.250. The molecular weight excluding hydrogens is 172 g/mol. The lowest BCUT2D eigenvalue weighted by Gasteiger charge is -2.23. The Morgan fingerprint density at radius 1 is 1.64 bits per heavy atom. The summed E-state index contributed by atoms with van der Waals surface area (Å²) in [7, 11) is 0. The standard InChI is InChI=1S/C12H14N2/c1-3-7-12(2,14)11-6-4-5-10(8-11)9-13/h3-6,8H,1,7,14H2,2H3. The zero-order chi connectivity index (χ0) is 10.6. The van der Waals surface area contributed by atoms with E-state index in [0.717, 1.165) is 5.56 Å². The predicted molar refractivity (Wildman–Crippen MR) is 57.5 cm³/mol. The Balaban J connectivity index is 3.07. The first-order chi connectivity index (χ1) is 6.60. The molecule has 0 heterocycles. The summed E-state index contributed by atoms with van der Waals surface area (Å²) in [5.74, 6) is 0. The maximum Gasteiger partial charge on any atom is 0.0991 e. The third-order valence-corrected chi connectivity index (χ3v) is 2.22. The van der Waals surface area contributed by atoms with Crippen molar-refractivity contribution in [2.75, 3.05) is 0 Å². The molecule has 0 saturated heterocycles. The predicted octanol–water partition coefficient (Wildman–Crippen LogP) is 2.31. The van der Waals surface area contributed by atoms with Crippen LogP contribution in [0.15, 0.2) is 36.9 Å². The lowest BCUT2D eigenvalue weighted by atomic mass is 9.89. The Kier molecular flexibility index (Phi) is 3.06. The Bertz CT molecular complexity index is 372. The van der Waals surface area contributed by atoms with Crippen LogP contribution >= 0.6 is 0 Å². The van der Waals surface area contributed by atoms with E-state index < -0.39 is 5.54 Å². The molecule has 1 aromatic rings. The van der Waals surface area contributed by atoms with Gasteiger partial charge in [0.25, 0.3) is 0 Å². The smallest absolute Gasteiger partial charge is 0.0991 e. The van der Waals surface area contributed by atoms with Crippen LogP contribution in [0, 0.1) is 11.3 Å². The van der Waals surface area contributed by atoms with Crippen LogP contribution < -0.4 is 5.73 Å². The number of rotatable bonds is 3. The van der Waals surface area contributed by atoms with Crippen LogP contribution in [0.4, 0.5) is 0 Å². The molecule has 0 bridgehead atoms. The average molecular weight is 186 g/mol. The Labute approximate surface area is 84.7 Å². The molecule has 1 aromatic carbocycles. The Hall–Kier alpha value is -1.59. The zero-order valence-electron chi connectivity index (χ0n) is 8.33. The monoisotopic (exact) mass is 186 g/mol. The van der Waals surface area contributed by atoms with Crippen molar-refractivity contribution >= 4 is 0 Å². The van der Waals surface area contributed by atoms with Crippen molar-refractivity contribution < 1.29 is 0 Å².